The zero-order chi connectivity index (χ0) is 13.1. The Balaban J connectivity index is 2.78. The highest BCUT2D eigenvalue weighted by Gasteiger charge is 2.14. The van der Waals surface area contributed by atoms with Crippen LogP contribution in [0, 0.1) is 0 Å². The van der Waals surface area contributed by atoms with Crippen molar-refractivity contribution in [1.29, 1.82) is 0 Å². The molecule has 1 N–H and O–H groups in total. The Labute approximate surface area is 107 Å². The first-order valence-electron chi connectivity index (χ1n) is 6.01. The van der Waals surface area contributed by atoms with Gasteiger partial charge in [-0.2, -0.15) is 0 Å². The van der Waals surface area contributed by atoms with Gasteiger partial charge >= 0.3 is 0 Å². The van der Waals surface area contributed by atoms with E-state index in [0.29, 0.717) is 5.75 Å². The van der Waals surface area contributed by atoms with E-state index in [4.69, 9.17) is 0 Å². The molecule has 17 heavy (non-hydrogen) atoms. The lowest BCUT2D eigenvalue weighted by Crippen LogP contribution is -2.27. The molecule has 1 aromatic carbocycles. The van der Waals surface area contributed by atoms with Gasteiger partial charge in [-0.05, 0) is 37.1 Å². The highest BCUT2D eigenvalue weighted by molar-refractivity contribution is 7.85. The fourth-order valence-electron chi connectivity index (χ4n) is 1.51. The maximum absolute atomic E-state index is 12.0. The highest BCUT2D eigenvalue weighted by Crippen LogP contribution is 2.23. The molecule has 0 aliphatic carbocycles. The monoisotopic (exact) mass is 253 g/mol. The number of hydrogen-bond acceptors (Lipinski definition) is 2. The Morgan fingerprint density at radius 2 is 1.76 bits per heavy atom. The van der Waals surface area contributed by atoms with Gasteiger partial charge in [0, 0.05) is 16.7 Å². The maximum atomic E-state index is 12.0. The minimum atomic E-state index is -0.911. The molecule has 0 aliphatic heterocycles. The van der Waals surface area contributed by atoms with E-state index in [1.54, 1.807) is 0 Å². The van der Waals surface area contributed by atoms with Crippen LogP contribution in [0.25, 0.3) is 0 Å². The van der Waals surface area contributed by atoms with E-state index in [0.717, 1.165) is 4.90 Å². The molecular formula is C14H23NOS. The second-order valence-corrected chi connectivity index (χ2v) is 6.97. The maximum Gasteiger partial charge on any atom is 0.0545 e. The third-order valence-electron chi connectivity index (χ3n) is 2.88. The quantitative estimate of drug-likeness (QED) is 0.894. The van der Waals surface area contributed by atoms with Gasteiger partial charge in [-0.1, -0.05) is 32.9 Å². The van der Waals surface area contributed by atoms with Crippen molar-refractivity contribution in [3.05, 3.63) is 29.8 Å². The van der Waals surface area contributed by atoms with Crippen molar-refractivity contribution >= 4 is 10.8 Å². The van der Waals surface area contributed by atoms with Crippen molar-refractivity contribution in [2.75, 3.05) is 12.8 Å². The van der Waals surface area contributed by atoms with Crippen LogP contribution in [0.1, 0.15) is 33.3 Å². The molecule has 0 fully saturated rings. The molecule has 96 valence electrons. The van der Waals surface area contributed by atoms with E-state index in [1.807, 2.05) is 26.1 Å². The van der Waals surface area contributed by atoms with Gasteiger partial charge in [0.1, 0.15) is 0 Å². The van der Waals surface area contributed by atoms with Crippen molar-refractivity contribution in [2.24, 2.45) is 0 Å². The summed E-state index contributed by atoms with van der Waals surface area (Å²) in [4.78, 5) is 0.917. The standard InChI is InChI=1S/C14H23NOS/c1-11(15-5)10-17(16)13-8-6-12(7-9-13)14(2,3)4/h6-9,11,15H,10H2,1-5H3. The normalized spacial score (nSPS) is 15.6. The van der Waals surface area contributed by atoms with Crippen molar-refractivity contribution < 1.29 is 4.21 Å². The van der Waals surface area contributed by atoms with E-state index in [2.05, 4.69) is 38.2 Å². The van der Waals surface area contributed by atoms with E-state index in [1.165, 1.54) is 5.56 Å². The molecule has 0 saturated carbocycles. The summed E-state index contributed by atoms with van der Waals surface area (Å²) >= 11 is 0. The molecule has 3 heteroatoms. The minimum absolute atomic E-state index is 0.151. The first kappa shape index (κ1) is 14.4. The van der Waals surface area contributed by atoms with Crippen molar-refractivity contribution in [3.8, 4) is 0 Å². The second-order valence-electron chi connectivity index (χ2n) is 5.48. The fourth-order valence-corrected chi connectivity index (χ4v) is 2.77. The van der Waals surface area contributed by atoms with E-state index in [9.17, 15) is 4.21 Å². The van der Waals surface area contributed by atoms with Gasteiger partial charge in [-0.3, -0.25) is 4.21 Å². The summed E-state index contributed by atoms with van der Waals surface area (Å²) < 4.78 is 12.0. The lowest BCUT2D eigenvalue weighted by atomic mass is 9.87. The summed E-state index contributed by atoms with van der Waals surface area (Å²) in [6, 6.07) is 8.41. The van der Waals surface area contributed by atoms with Gasteiger partial charge in [0.2, 0.25) is 0 Å². The first-order valence-corrected chi connectivity index (χ1v) is 7.32. The summed E-state index contributed by atoms with van der Waals surface area (Å²) in [6.45, 7) is 8.59. The van der Waals surface area contributed by atoms with Crippen LogP contribution >= 0.6 is 0 Å². The second kappa shape index (κ2) is 5.78. The third-order valence-corrected chi connectivity index (χ3v) is 4.48. The zero-order valence-electron chi connectivity index (χ0n) is 11.4. The summed E-state index contributed by atoms with van der Waals surface area (Å²) in [7, 11) is 0.982. The lowest BCUT2D eigenvalue weighted by Gasteiger charge is -2.19. The van der Waals surface area contributed by atoms with Crippen molar-refractivity contribution in [1.82, 2.24) is 5.32 Å². The molecule has 0 spiro atoms. The average molecular weight is 253 g/mol. The van der Waals surface area contributed by atoms with Crippen LogP contribution in [0.3, 0.4) is 0 Å². The minimum Gasteiger partial charge on any atom is -0.316 e. The van der Waals surface area contributed by atoms with Crippen molar-refractivity contribution in [2.45, 2.75) is 44.0 Å². The topological polar surface area (TPSA) is 29.1 Å². The predicted molar refractivity (Wildman–Crippen MR) is 74.9 cm³/mol. The number of nitrogens with one attached hydrogen (secondary N) is 1. The van der Waals surface area contributed by atoms with Crippen LogP contribution in [0.2, 0.25) is 0 Å². The summed E-state index contributed by atoms with van der Waals surface area (Å²) in [5.74, 6) is 0.658. The lowest BCUT2D eigenvalue weighted by molar-refractivity contribution is 0.589. The van der Waals surface area contributed by atoms with Gasteiger partial charge in [-0.25, -0.2) is 0 Å². The Morgan fingerprint density at radius 1 is 1.24 bits per heavy atom. The summed E-state index contributed by atoms with van der Waals surface area (Å²) in [5.41, 5.74) is 1.43. The molecule has 0 aromatic heterocycles. The SMILES string of the molecule is CNC(C)CS(=O)c1ccc(C(C)(C)C)cc1. The predicted octanol–water partition coefficient (Wildman–Crippen LogP) is 2.70. The van der Waals surface area contributed by atoms with Crippen LogP contribution in [-0.4, -0.2) is 23.1 Å². The molecule has 2 atom stereocenters. The molecule has 0 amide bonds. The molecule has 0 bridgehead atoms. The molecule has 0 aliphatic rings. The van der Waals surface area contributed by atoms with Gasteiger partial charge in [0.05, 0.1) is 10.8 Å². The van der Waals surface area contributed by atoms with Gasteiger partial charge < -0.3 is 5.32 Å². The molecule has 1 aromatic rings. The number of rotatable bonds is 4. The fraction of sp³-hybridized carbons (Fsp3) is 0.571. The van der Waals surface area contributed by atoms with Crippen LogP contribution in [0.15, 0.2) is 29.2 Å². The van der Waals surface area contributed by atoms with Crippen LogP contribution in [-0.2, 0) is 16.2 Å². The largest absolute Gasteiger partial charge is 0.316 e. The van der Waals surface area contributed by atoms with Crippen LogP contribution in [0.5, 0.6) is 0 Å². The van der Waals surface area contributed by atoms with Gasteiger partial charge in [-0.15, -0.1) is 0 Å². The average Bonchev–Trinajstić information content (AvgIpc) is 2.27. The molecule has 2 unspecified atom stereocenters. The Hall–Kier alpha value is -0.670. The molecule has 0 radical (unpaired) electrons. The molecule has 2 nitrogen and oxygen atoms in total. The molecule has 0 saturated heterocycles. The van der Waals surface area contributed by atoms with E-state index < -0.39 is 10.8 Å². The Morgan fingerprint density at radius 3 is 2.18 bits per heavy atom. The van der Waals surface area contributed by atoms with Crippen LogP contribution in [0.4, 0.5) is 0 Å². The van der Waals surface area contributed by atoms with E-state index >= 15 is 0 Å². The molecular weight excluding hydrogens is 230 g/mol. The summed E-state index contributed by atoms with van der Waals surface area (Å²) in [6.07, 6.45) is 0. The summed E-state index contributed by atoms with van der Waals surface area (Å²) in [5, 5.41) is 3.11. The highest BCUT2D eigenvalue weighted by atomic mass is 32.2. The Kier molecular flexibility index (Phi) is 4.90. The molecule has 0 heterocycles. The van der Waals surface area contributed by atoms with Crippen LogP contribution < -0.4 is 5.32 Å². The van der Waals surface area contributed by atoms with Gasteiger partial charge in [0.25, 0.3) is 0 Å². The number of hydrogen-bond donors (Lipinski definition) is 1. The number of benzene rings is 1. The van der Waals surface area contributed by atoms with Gasteiger partial charge in [0.15, 0.2) is 0 Å². The van der Waals surface area contributed by atoms with E-state index in [-0.39, 0.29) is 11.5 Å². The molecule has 1 rings (SSSR count). The zero-order valence-corrected chi connectivity index (χ0v) is 12.2. The first-order chi connectivity index (χ1) is 7.84. The van der Waals surface area contributed by atoms with Crippen molar-refractivity contribution in [3.63, 3.8) is 0 Å². The third kappa shape index (κ3) is 4.25. The smallest absolute Gasteiger partial charge is 0.0545 e. The Bertz CT molecular complexity index is 378.